The Labute approximate surface area is 543 Å². The normalized spacial score (nSPS) is 18.9. The molecule has 0 aromatic carbocycles. The third-order valence-electron chi connectivity index (χ3n) is 16.0. The van der Waals surface area contributed by atoms with Gasteiger partial charge < -0.3 is 45.1 Å². The van der Waals surface area contributed by atoms with Crippen LogP contribution in [-0.2, 0) is 23.8 Å². The lowest BCUT2D eigenvalue weighted by atomic mass is 9.99. The van der Waals surface area contributed by atoms with E-state index in [0.717, 1.165) is 161 Å². The topological polar surface area (TPSA) is 175 Å². The molecule has 1 aliphatic rings. The Bertz CT molecular complexity index is 1960. The number of amides is 1. The van der Waals surface area contributed by atoms with Gasteiger partial charge in [0.2, 0.25) is 5.91 Å². The number of hydrogen-bond donors (Lipinski definition) is 6. The lowest BCUT2D eigenvalue weighted by Gasteiger charge is -2.41. The van der Waals surface area contributed by atoms with Crippen molar-refractivity contribution in [1.29, 1.82) is 0 Å². The molecule has 1 rings (SSSR count). The van der Waals surface area contributed by atoms with E-state index in [0.29, 0.717) is 12.8 Å². The van der Waals surface area contributed by atoms with Crippen molar-refractivity contribution in [3.05, 3.63) is 134 Å². The number of aliphatic hydroxyl groups excluding tert-OH is 5. The van der Waals surface area contributed by atoms with Crippen LogP contribution in [0.15, 0.2) is 134 Å². The minimum absolute atomic E-state index is 0.103. The third kappa shape index (κ3) is 51.1. The van der Waals surface area contributed by atoms with Gasteiger partial charge in [0.1, 0.15) is 24.4 Å². The second-order valence-corrected chi connectivity index (χ2v) is 24.2. The SMILES string of the molecule is CC/C=C\C/C=C\C/C=C\C/C=C\C/C=C\CCCCCCCCCCC(O)C(=O)NC(COC1OC(CO)C(O)C(O)C1OC(=O)CCCCCCCCC/C=C\C/C=C\C/C=C\C/C=C\C/C=C\CC)C(O)/C=C/CCCCCCCCCCCCC. The van der Waals surface area contributed by atoms with Gasteiger partial charge in [-0.15, -0.1) is 0 Å². The van der Waals surface area contributed by atoms with Crippen molar-refractivity contribution in [1.82, 2.24) is 5.32 Å². The van der Waals surface area contributed by atoms with Gasteiger partial charge in [0.05, 0.1) is 25.4 Å². The number of aliphatic hydroxyl groups is 5. The number of ether oxygens (including phenoxy) is 3. The summed E-state index contributed by atoms with van der Waals surface area (Å²) in [6, 6.07) is -1.04. The van der Waals surface area contributed by atoms with Gasteiger partial charge in [0, 0.05) is 6.42 Å². The van der Waals surface area contributed by atoms with Gasteiger partial charge >= 0.3 is 5.97 Å². The summed E-state index contributed by atoms with van der Waals surface area (Å²) in [6.07, 6.45) is 80.5. The molecule has 8 unspecified atom stereocenters. The number of nitrogens with one attached hydrogen (secondary N) is 1. The van der Waals surface area contributed by atoms with E-state index in [9.17, 15) is 35.1 Å². The van der Waals surface area contributed by atoms with E-state index in [-0.39, 0.29) is 19.4 Å². The van der Waals surface area contributed by atoms with Crippen LogP contribution < -0.4 is 5.32 Å². The zero-order valence-corrected chi connectivity index (χ0v) is 56.5. The Kier molecular flexibility index (Phi) is 59.5. The number of carbonyl (C=O) groups excluding carboxylic acids is 2. The Morgan fingerprint density at radius 2 is 0.809 bits per heavy atom. The largest absolute Gasteiger partial charge is 0.454 e. The summed E-state index contributed by atoms with van der Waals surface area (Å²) in [5.41, 5.74) is 0. The molecule has 8 atom stereocenters. The number of rotatable bonds is 60. The molecule has 0 bridgehead atoms. The number of allylic oxidation sites excluding steroid dienone is 21. The maximum absolute atomic E-state index is 13.5. The highest BCUT2D eigenvalue weighted by molar-refractivity contribution is 5.80. The number of unbranched alkanes of at least 4 members (excludes halogenated alkanes) is 26. The van der Waals surface area contributed by atoms with Crippen molar-refractivity contribution in [3.63, 3.8) is 0 Å². The molecule has 1 fully saturated rings. The molecule has 0 saturated carbocycles. The highest BCUT2D eigenvalue weighted by atomic mass is 16.7. The first kappa shape index (κ1) is 82.8. The average molecular weight is 1240 g/mol. The third-order valence-corrected chi connectivity index (χ3v) is 16.0. The second kappa shape index (κ2) is 63.9. The number of esters is 1. The van der Waals surface area contributed by atoms with E-state index < -0.39 is 67.4 Å². The fraction of sp³-hybridized carbons (Fsp3) is 0.692. The Balaban J connectivity index is 2.61. The molecular formula is C78H131NO10. The van der Waals surface area contributed by atoms with Crippen molar-refractivity contribution in [2.24, 2.45) is 0 Å². The second-order valence-electron chi connectivity index (χ2n) is 24.2. The van der Waals surface area contributed by atoms with Crippen molar-refractivity contribution in [2.75, 3.05) is 13.2 Å². The van der Waals surface area contributed by atoms with Crippen LogP contribution in [0.3, 0.4) is 0 Å². The molecular weight excluding hydrogens is 1110 g/mol. The minimum Gasteiger partial charge on any atom is -0.454 e. The van der Waals surface area contributed by atoms with Crippen molar-refractivity contribution < 1.29 is 49.3 Å². The molecule has 0 aliphatic carbocycles. The van der Waals surface area contributed by atoms with E-state index in [1.165, 1.54) is 77.0 Å². The predicted molar refractivity (Wildman–Crippen MR) is 374 cm³/mol. The van der Waals surface area contributed by atoms with Crippen LogP contribution >= 0.6 is 0 Å². The first-order valence-corrected chi connectivity index (χ1v) is 36.0. The average Bonchev–Trinajstić information content (AvgIpc) is 3.11. The molecule has 508 valence electrons. The monoisotopic (exact) mass is 1240 g/mol. The molecule has 0 spiro atoms. The molecule has 0 aromatic rings. The van der Waals surface area contributed by atoms with E-state index >= 15 is 0 Å². The highest BCUT2D eigenvalue weighted by Gasteiger charge is 2.47. The van der Waals surface area contributed by atoms with Crippen LogP contribution in [-0.4, -0.2) is 99.6 Å². The van der Waals surface area contributed by atoms with Gasteiger partial charge in [-0.2, -0.15) is 0 Å². The Morgan fingerprint density at radius 3 is 1.21 bits per heavy atom. The lowest BCUT2D eigenvalue weighted by molar-refractivity contribution is -0.305. The maximum atomic E-state index is 13.5. The summed E-state index contributed by atoms with van der Waals surface area (Å²) in [5, 5.41) is 57.3. The molecule has 1 heterocycles. The summed E-state index contributed by atoms with van der Waals surface area (Å²) >= 11 is 0. The molecule has 6 N–H and O–H groups in total. The van der Waals surface area contributed by atoms with Gasteiger partial charge in [-0.05, 0) is 116 Å². The summed E-state index contributed by atoms with van der Waals surface area (Å²) in [5.74, 6) is -1.22. The molecule has 1 amide bonds. The summed E-state index contributed by atoms with van der Waals surface area (Å²) in [4.78, 5) is 26.7. The molecule has 11 nitrogen and oxygen atoms in total. The molecule has 1 aliphatic heterocycles. The molecule has 1 saturated heterocycles. The zero-order chi connectivity index (χ0) is 64.6. The quantitative estimate of drug-likeness (QED) is 0.0195. The Morgan fingerprint density at radius 1 is 0.449 bits per heavy atom. The molecule has 11 heteroatoms. The predicted octanol–water partition coefficient (Wildman–Crippen LogP) is 18.7. The minimum atomic E-state index is -1.63. The maximum Gasteiger partial charge on any atom is 0.306 e. The van der Waals surface area contributed by atoms with Crippen LogP contribution in [0, 0.1) is 0 Å². The van der Waals surface area contributed by atoms with Gasteiger partial charge in [-0.3, -0.25) is 9.59 Å². The van der Waals surface area contributed by atoms with Gasteiger partial charge in [0.25, 0.3) is 0 Å². The number of carbonyl (C=O) groups is 2. The van der Waals surface area contributed by atoms with Crippen LogP contribution in [0.25, 0.3) is 0 Å². The van der Waals surface area contributed by atoms with Crippen LogP contribution in [0.1, 0.15) is 284 Å². The standard InChI is InChI=1S/C78H131NO10/c1-4-7-10-13-16-19-22-25-27-29-31-33-35-37-38-40-42-44-47-50-53-56-59-62-65-71(82)77(86)79-69(70(81)64-61-58-55-52-49-46-24-21-18-15-12-9-6-3)68-87-78-76(75(85)74(84)72(67-80)88-78)89-73(83)66-63-60-57-54-51-48-45-43-41-39-36-34-32-30-28-26-23-20-17-14-11-8-5-2/h7-8,10-11,16-17,19-20,25-28,31-34,37-39,41,61,64,69-72,74-76,78,80-82,84-85H,4-6,9,12-15,18,21-24,29-30,35-36,40,42-60,62-63,65-68H2,1-3H3,(H,79,86)/b10-7-,11-8-,19-16-,20-17-,27-25-,28-26-,33-31-,34-32-,38-37-,41-39-,64-61+. The van der Waals surface area contributed by atoms with Gasteiger partial charge in [-0.1, -0.05) is 296 Å². The van der Waals surface area contributed by atoms with Gasteiger partial charge in [-0.25, -0.2) is 0 Å². The fourth-order valence-corrected chi connectivity index (χ4v) is 10.5. The highest BCUT2D eigenvalue weighted by Crippen LogP contribution is 2.26. The van der Waals surface area contributed by atoms with Crippen LogP contribution in [0.4, 0.5) is 0 Å². The lowest BCUT2D eigenvalue weighted by Crippen LogP contribution is -2.61. The van der Waals surface area contributed by atoms with E-state index in [4.69, 9.17) is 14.2 Å². The van der Waals surface area contributed by atoms with Gasteiger partial charge in [0.15, 0.2) is 12.4 Å². The summed E-state index contributed by atoms with van der Waals surface area (Å²) in [6.45, 7) is 5.57. The molecule has 0 aromatic heterocycles. The van der Waals surface area contributed by atoms with Crippen molar-refractivity contribution in [2.45, 2.75) is 333 Å². The van der Waals surface area contributed by atoms with Crippen molar-refractivity contribution in [3.8, 4) is 0 Å². The van der Waals surface area contributed by atoms with Crippen molar-refractivity contribution >= 4 is 11.9 Å². The summed E-state index contributed by atoms with van der Waals surface area (Å²) in [7, 11) is 0. The first-order chi connectivity index (χ1) is 43.7. The van der Waals surface area contributed by atoms with Crippen LogP contribution in [0.5, 0.6) is 0 Å². The zero-order valence-electron chi connectivity index (χ0n) is 56.5. The van der Waals surface area contributed by atoms with E-state index in [1.807, 2.05) is 6.08 Å². The first-order valence-electron chi connectivity index (χ1n) is 36.0. The molecule has 0 radical (unpaired) electrons. The van der Waals surface area contributed by atoms with Crippen LogP contribution in [0.2, 0.25) is 0 Å². The summed E-state index contributed by atoms with van der Waals surface area (Å²) < 4.78 is 17.7. The number of hydrogen-bond acceptors (Lipinski definition) is 10. The van der Waals surface area contributed by atoms with E-state index in [2.05, 4.69) is 148 Å². The van der Waals surface area contributed by atoms with E-state index in [1.54, 1.807) is 6.08 Å². The Hall–Kier alpha value is -4.20. The fourth-order valence-electron chi connectivity index (χ4n) is 10.5. The molecule has 89 heavy (non-hydrogen) atoms. The smallest absolute Gasteiger partial charge is 0.306 e.